The van der Waals surface area contributed by atoms with E-state index in [0.29, 0.717) is 24.2 Å². The first-order valence-electron chi connectivity index (χ1n) is 10.2. The first-order valence-corrected chi connectivity index (χ1v) is 10.2. The molecule has 0 aromatic carbocycles. The van der Waals surface area contributed by atoms with Gasteiger partial charge in [0.05, 0.1) is 11.9 Å². The average molecular weight is 376 g/mol. The highest BCUT2D eigenvalue weighted by Crippen LogP contribution is 2.30. The monoisotopic (exact) mass is 375 g/mol. The minimum atomic E-state index is -0.675. The zero-order chi connectivity index (χ0) is 19.6. The molecule has 0 saturated carbocycles. The molecule has 27 heavy (non-hydrogen) atoms. The van der Waals surface area contributed by atoms with Gasteiger partial charge in [0, 0.05) is 32.1 Å². The lowest BCUT2D eigenvalue weighted by molar-refractivity contribution is -0.138. The summed E-state index contributed by atoms with van der Waals surface area (Å²) in [6.45, 7) is 10.3. The van der Waals surface area contributed by atoms with Gasteiger partial charge in [-0.3, -0.25) is 14.7 Å². The SMILES string of the molecule is CC(C)c1ncc(N2CCC(N3CCCC(CC(=O)O)C3)C(C)C2)nc1N. The molecule has 3 rings (SSSR count). The van der Waals surface area contributed by atoms with Gasteiger partial charge in [-0.05, 0) is 43.6 Å². The molecular formula is C20H33N5O2. The Hall–Kier alpha value is -1.89. The van der Waals surface area contributed by atoms with Crippen LogP contribution in [0.4, 0.5) is 11.6 Å². The Morgan fingerprint density at radius 3 is 2.74 bits per heavy atom. The molecule has 3 atom stereocenters. The van der Waals surface area contributed by atoms with Gasteiger partial charge in [-0.25, -0.2) is 4.98 Å². The van der Waals surface area contributed by atoms with Crippen molar-refractivity contribution in [1.29, 1.82) is 0 Å². The van der Waals surface area contributed by atoms with E-state index >= 15 is 0 Å². The van der Waals surface area contributed by atoms with Crippen LogP contribution in [-0.2, 0) is 4.79 Å². The lowest BCUT2D eigenvalue weighted by Gasteiger charge is -2.45. The molecule has 0 spiro atoms. The van der Waals surface area contributed by atoms with E-state index in [4.69, 9.17) is 10.8 Å². The van der Waals surface area contributed by atoms with E-state index < -0.39 is 5.97 Å². The maximum atomic E-state index is 11.1. The molecule has 2 fully saturated rings. The Morgan fingerprint density at radius 1 is 1.33 bits per heavy atom. The summed E-state index contributed by atoms with van der Waals surface area (Å²) in [5, 5.41) is 9.10. The summed E-state index contributed by atoms with van der Waals surface area (Å²) < 4.78 is 0. The Morgan fingerprint density at radius 2 is 2.11 bits per heavy atom. The third-order valence-electron chi connectivity index (χ3n) is 6.03. The number of rotatable bonds is 5. The van der Waals surface area contributed by atoms with Crippen LogP contribution in [-0.4, -0.2) is 58.2 Å². The Labute approximate surface area is 162 Å². The fourth-order valence-electron chi connectivity index (χ4n) is 4.70. The summed E-state index contributed by atoms with van der Waals surface area (Å²) >= 11 is 0. The van der Waals surface area contributed by atoms with Crippen LogP contribution in [0.2, 0.25) is 0 Å². The smallest absolute Gasteiger partial charge is 0.303 e. The summed E-state index contributed by atoms with van der Waals surface area (Å²) in [5.41, 5.74) is 6.97. The number of carboxylic acid groups (broad SMARTS) is 1. The Bertz CT molecular complexity index is 666. The molecule has 0 amide bonds. The van der Waals surface area contributed by atoms with E-state index in [1.54, 1.807) is 0 Å². The maximum absolute atomic E-state index is 11.1. The predicted octanol–water partition coefficient (Wildman–Crippen LogP) is 2.58. The molecule has 2 saturated heterocycles. The summed E-state index contributed by atoms with van der Waals surface area (Å²) in [6.07, 6.45) is 5.34. The van der Waals surface area contributed by atoms with Crippen LogP contribution in [0.1, 0.15) is 58.1 Å². The van der Waals surface area contributed by atoms with E-state index in [1.165, 1.54) is 0 Å². The lowest BCUT2D eigenvalue weighted by Crippen LogP contribution is -2.53. The number of nitrogens with two attached hydrogens (primary N) is 1. The van der Waals surface area contributed by atoms with Crippen molar-refractivity contribution in [3.63, 3.8) is 0 Å². The number of anilines is 2. The predicted molar refractivity (Wildman–Crippen MR) is 107 cm³/mol. The van der Waals surface area contributed by atoms with Crippen molar-refractivity contribution in [3.05, 3.63) is 11.9 Å². The summed E-state index contributed by atoms with van der Waals surface area (Å²) in [7, 11) is 0. The van der Waals surface area contributed by atoms with Gasteiger partial charge in [-0.2, -0.15) is 0 Å². The topological polar surface area (TPSA) is 95.6 Å². The number of carboxylic acids is 1. The van der Waals surface area contributed by atoms with Crippen LogP contribution in [0.15, 0.2) is 6.20 Å². The molecule has 2 aliphatic heterocycles. The summed E-state index contributed by atoms with van der Waals surface area (Å²) in [6, 6.07) is 0.512. The van der Waals surface area contributed by atoms with Crippen molar-refractivity contribution in [1.82, 2.24) is 14.9 Å². The highest BCUT2D eigenvalue weighted by atomic mass is 16.4. The molecule has 3 unspecified atom stereocenters. The molecule has 7 heteroatoms. The number of hydrogen-bond acceptors (Lipinski definition) is 6. The first-order chi connectivity index (χ1) is 12.8. The molecule has 3 heterocycles. The number of piperidine rings is 2. The molecule has 3 N–H and O–H groups in total. The van der Waals surface area contributed by atoms with Crippen LogP contribution < -0.4 is 10.6 Å². The summed E-state index contributed by atoms with van der Waals surface area (Å²) in [4.78, 5) is 25.0. The van der Waals surface area contributed by atoms with Crippen LogP contribution in [0.3, 0.4) is 0 Å². The van der Waals surface area contributed by atoms with Gasteiger partial charge in [-0.15, -0.1) is 0 Å². The normalized spacial score (nSPS) is 27.1. The van der Waals surface area contributed by atoms with Crippen molar-refractivity contribution in [2.24, 2.45) is 11.8 Å². The second kappa shape index (κ2) is 8.42. The minimum Gasteiger partial charge on any atom is -0.481 e. The van der Waals surface area contributed by atoms with E-state index in [2.05, 4.69) is 40.5 Å². The highest BCUT2D eigenvalue weighted by Gasteiger charge is 2.34. The molecule has 0 radical (unpaired) electrons. The van der Waals surface area contributed by atoms with Crippen LogP contribution >= 0.6 is 0 Å². The average Bonchev–Trinajstić information content (AvgIpc) is 2.61. The highest BCUT2D eigenvalue weighted by molar-refractivity contribution is 5.67. The van der Waals surface area contributed by atoms with Crippen molar-refractivity contribution in [3.8, 4) is 0 Å². The number of nitrogens with zero attached hydrogens (tertiary/aromatic N) is 4. The fraction of sp³-hybridized carbons (Fsp3) is 0.750. The molecule has 1 aromatic rings. The Kier molecular flexibility index (Phi) is 6.19. The summed E-state index contributed by atoms with van der Waals surface area (Å²) in [5.74, 6) is 1.78. The Balaban J connectivity index is 1.62. The quantitative estimate of drug-likeness (QED) is 0.816. The van der Waals surface area contributed by atoms with Gasteiger partial charge >= 0.3 is 5.97 Å². The van der Waals surface area contributed by atoms with Gasteiger partial charge in [0.25, 0.3) is 0 Å². The second-order valence-corrected chi connectivity index (χ2v) is 8.53. The zero-order valence-electron chi connectivity index (χ0n) is 16.8. The van der Waals surface area contributed by atoms with Gasteiger partial charge in [0.1, 0.15) is 11.6 Å². The maximum Gasteiger partial charge on any atom is 0.303 e. The van der Waals surface area contributed by atoms with E-state index in [1.807, 2.05) is 6.20 Å². The first kappa shape index (κ1) is 19.9. The van der Waals surface area contributed by atoms with Crippen LogP contribution in [0, 0.1) is 11.8 Å². The van der Waals surface area contributed by atoms with Gasteiger partial charge < -0.3 is 15.7 Å². The molecule has 1 aromatic heterocycles. The number of aliphatic carboxylic acids is 1. The number of aromatic nitrogens is 2. The van der Waals surface area contributed by atoms with Gasteiger partial charge in [0.15, 0.2) is 0 Å². The molecule has 2 aliphatic rings. The molecule has 150 valence electrons. The molecule has 0 bridgehead atoms. The van der Waals surface area contributed by atoms with Crippen molar-refractivity contribution in [2.75, 3.05) is 36.8 Å². The van der Waals surface area contributed by atoms with Gasteiger partial charge in [-0.1, -0.05) is 20.8 Å². The van der Waals surface area contributed by atoms with Crippen molar-refractivity contribution < 1.29 is 9.90 Å². The number of hydrogen-bond donors (Lipinski definition) is 2. The minimum absolute atomic E-state index is 0.272. The molecule has 0 aliphatic carbocycles. The second-order valence-electron chi connectivity index (χ2n) is 8.53. The zero-order valence-corrected chi connectivity index (χ0v) is 16.8. The lowest BCUT2D eigenvalue weighted by atomic mass is 9.87. The van der Waals surface area contributed by atoms with Crippen LogP contribution in [0.5, 0.6) is 0 Å². The largest absolute Gasteiger partial charge is 0.481 e. The third kappa shape index (κ3) is 4.69. The molecule has 7 nitrogen and oxygen atoms in total. The number of nitrogen functional groups attached to an aromatic ring is 1. The molecular weight excluding hydrogens is 342 g/mol. The van der Waals surface area contributed by atoms with Crippen LogP contribution in [0.25, 0.3) is 0 Å². The standard InChI is InChI=1S/C20H33N5O2/c1-13(2)19-20(21)23-17(10-22-19)25-8-6-16(14(3)11-25)24-7-4-5-15(12-24)9-18(26)27/h10,13-16H,4-9,11-12H2,1-3H3,(H2,21,23)(H,26,27). The number of carbonyl (C=O) groups is 1. The van der Waals surface area contributed by atoms with E-state index in [-0.39, 0.29) is 11.8 Å². The van der Waals surface area contributed by atoms with Crippen molar-refractivity contribution in [2.45, 2.75) is 58.4 Å². The van der Waals surface area contributed by atoms with Gasteiger partial charge in [0.2, 0.25) is 0 Å². The number of likely N-dealkylation sites (tertiary alicyclic amines) is 1. The van der Waals surface area contributed by atoms with E-state index in [0.717, 1.165) is 57.0 Å². The van der Waals surface area contributed by atoms with Crippen molar-refractivity contribution >= 4 is 17.6 Å². The van der Waals surface area contributed by atoms with E-state index in [9.17, 15) is 4.79 Å². The third-order valence-corrected chi connectivity index (χ3v) is 6.03. The fourth-order valence-corrected chi connectivity index (χ4v) is 4.70.